The number of benzene rings is 1. The number of ether oxygens (including phenoxy) is 3. The van der Waals surface area contributed by atoms with Crippen molar-refractivity contribution in [2.24, 2.45) is 35.3 Å². The van der Waals surface area contributed by atoms with E-state index in [-0.39, 0.29) is 48.5 Å². The first-order valence-electron chi connectivity index (χ1n) is 13.2. The first-order valence-corrected chi connectivity index (χ1v) is 13.2. The van der Waals surface area contributed by atoms with Crippen LogP contribution < -0.4 is 15.2 Å². The molecule has 0 saturated heterocycles. The topological polar surface area (TPSA) is 142 Å². The zero-order valence-electron chi connectivity index (χ0n) is 24.2. The number of rotatable bonds is 14. The van der Waals surface area contributed by atoms with Crippen molar-refractivity contribution in [1.29, 1.82) is 0 Å². The summed E-state index contributed by atoms with van der Waals surface area (Å²) in [6.45, 7) is 16.4. The Morgan fingerprint density at radius 2 is 1.34 bits per heavy atom. The molecule has 0 spiro atoms. The van der Waals surface area contributed by atoms with Crippen molar-refractivity contribution < 1.29 is 38.5 Å². The van der Waals surface area contributed by atoms with Crippen LogP contribution in [0.15, 0.2) is 18.2 Å². The predicted molar refractivity (Wildman–Crippen MR) is 144 cm³/mol. The van der Waals surface area contributed by atoms with Crippen molar-refractivity contribution in [1.82, 2.24) is 0 Å². The Morgan fingerprint density at radius 1 is 0.842 bits per heavy atom. The Kier molecular flexibility index (Phi) is 12.4. The lowest BCUT2D eigenvalue weighted by atomic mass is 9.86. The molecular formula is C29H45NO8. The number of aliphatic carboxylic acids is 1. The van der Waals surface area contributed by atoms with E-state index in [1.807, 2.05) is 41.5 Å². The normalized spacial score (nSPS) is 15.5. The SMILES string of the molecule is CC(C)CC(=O)O[C@@H](C)CC(N)(Cc1ccc(OC(=O)C(C)C(C)C)c(OC(=O)C(C)C(C)C)c1)C(=O)O. The highest BCUT2D eigenvalue weighted by Gasteiger charge is 2.37. The van der Waals surface area contributed by atoms with Gasteiger partial charge >= 0.3 is 23.9 Å². The molecule has 9 heteroatoms. The van der Waals surface area contributed by atoms with Crippen LogP contribution in [0.1, 0.15) is 80.7 Å². The van der Waals surface area contributed by atoms with Crippen LogP contribution in [-0.2, 0) is 30.3 Å². The number of carboxylic acids is 1. The minimum atomic E-state index is -1.77. The average Bonchev–Trinajstić information content (AvgIpc) is 2.78. The van der Waals surface area contributed by atoms with Crippen molar-refractivity contribution >= 4 is 23.9 Å². The van der Waals surface area contributed by atoms with Gasteiger partial charge in [-0.25, -0.2) is 0 Å². The molecule has 1 aromatic carbocycles. The van der Waals surface area contributed by atoms with E-state index in [0.29, 0.717) is 5.56 Å². The van der Waals surface area contributed by atoms with E-state index < -0.39 is 47.4 Å². The Morgan fingerprint density at radius 3 is 1.79 bits per heavy atom. The first-order chi connectivity index (χ1) is 17.5. The van der Waals surface area contributed by atoms with E-state index in [0.717, 1.165) is 0 Å². The van der Waals surface area contributed by atoms with Gasteiger partial charge < -0.3 is 25.1 Å². The van der Waals surface area contributed by atoms with Gasteiger partial charge in [0.25, 0.3) is 0 Å². The van der Waals surface area contributed by atoms with Gasteiger partial charge in [-0.2, -0.15) is 0 Å². The van der Waals surface area contributed by atoms with Gasteiger partial charge in [-0.3, -0.25) is 19.2 Å². The van der Waals surface area contributed by atoms with Crippen LogP contribution in [-0.4, -0.2) is 40.6 Å². The number of hydrogen-bond donors (Lipinski definition) is 2. The molecule has 214 valence electrons. The zero-order chi connectivity index (χ0) is 29.4. The van der Waals surface area contributed by atoms with E-state index in [1.54, 1.807) is 26.8 Å². The van der Waals surface area contributed by atoms with E-state index >= 15 is 0 Å². The molecule has 9 nitrogen and oxygen atoms in total. The summed E-state index contributed by atoms with van der Waals surface area (Å²) in [6.07, 6.45) is -0.790. The third kappa shape index (κ3) is 10.1. The van der Waals surface area contributed by atoms with Crippen LogP contribution in [0.4, 0.5) is 0 Å². The number of nitrogens with two attached hydrogens (primary N) is 1. The smallest absolute Gasteiger partial charge is 0.324 e. The number of carbonyl (C=O) groups excluding carboxylic acids is 3. The van der Waals surface area contributed by atoms with Gasteiger partial charge in [0.2, 0.25) is 0 Å². The highest BCUT2D eigenvalue weighted by Crippen LogP contribution is 2.33. The Labute approximate surface area is 226 Å². The number of hydrogen-bond acceptors (Lipinski definition) is 8. The van der Waals surface area contributed by atoms with Crippen molar-refractivity contribution in [2.45, 2.75) is 93.2 Å². The molecule has 38 heavy (non-hydrogen) atoms. The van der Waals surface area contributed by atoms with Crippen molar-refractivity contribution in [2.75, 3.05) is 0 Å². The molecule has 0 saturated carbocycles. The fraction of sp³-hybridized carbons (Fsp3) is 0.655. The minimum absolute atomic E-state index is 0.00783. The number of carboxylic acid groups (broad SMARTS) is 1. The summed E-state index contributed by atoms with van der Waals surface area (Å²) in [5.74, 6) is -3.26. The second-order valence-corrected chi connectivity index (χ2v) is 11.4. The molecular weight excluding hydrogens is 490 g/mol. The maximum atomic E-state index is 12.7. The largest absolute Gasteiger partial charge is 0.480 e. The molecule has 3 unspecified atom stereocenters. The third-order valence-electron chi connectivity index (χ3n) is 6.68. The summed E-state index contributed by atoms with van der Waals surface area (Å²) in [7, 11) is 0. The quantitative estimate of drug-likeness (QED) is 0.254. The van der Waals surface area contributed by atoms with Gasteiger partial charge in [0.05, 0.1) is 11.8 Å². The molecule has 0 heterocycles. The molecule has 0 radical (unpaired) electrons. The van der Waals surface area contributed by atoms with Gasteiger partial charge in [-0.1, -0.05) is 61.5 Å². The van der Waals surface area contributed by atoms with Gasteiger partial charge in [0.1, 0.15) is 11.6 Å². The number of esters is 3. The Hall–Kier alpha value is -2.94. The fourth-order valence-corrected chi connectivity index (χ4v) is 3.53. The molecule has 0 amide bonds. The lowest BCUT2D eigenvalue weighted by Gasteiger charge is -2.28. The maximum absolute atomic E-state index is 12.7. The van der Waals surface area contributed by atoms with E-state index in [2.05, 4.69) is 0 Å². The summed E-state index contributed by atoms with van der Waals surface area (Å²) in [5, 5.41) is 9.94. The van der Waals surface area contributed by atoms with E-state index in [4.69, 9.17) is 19.9 Å². The molecule has 1 rings (SSSR count). The minimum Gasteiger partial charge on any atom is -0.480 e. The van der Waals surface area contributed by atoms with E-state index in [9.17, 15) is 24.3 Å². The van der Waals surface area contributed by atoms with Gasteiger partial charge in [-0.05, 0) is 42.4 Å². The summed E-state index contributed by atoms with van der Waals surface area (Å²) < 4.78 is 16.5. The summed E-state index contributed by atoms with van der Waals surface area (Å²) in [5.41, 5.74) is 4.98. The van der Waals surface area contributed by atoms with Crippen LogP contribution in [0.3, 0.4) is 0 Å². The zero-order valence-corrected chi connectivity index (χ0v) is 24.2. The molecule has 0 aromatic heterocycles. The molecule has 0 aliphatic heterocycles. The monoisotopic (exact) mass is 535 g/mol. The molecule has 0 fully saturated rings. The molecule has 0 aliphatic rings. The van der Waals surface area contributed by atoms with Gasteiger partial charge in [0, 0.05) is 19.3 Å². The standard InChI is InChI=1S/C29H45NO8/c1-16(2)12-25(31)36-19(7)14-29(30,28(34)35)15-22-10-11-23(37-26(32)20(8)17(3)4)24(13-22)38-27(33)21(9)18(5)6/h10-11,13,16-21H,12,14-15,30H2,1-9H3,(H,34,35)/t19-,20?,21?,29?/m0/s1. The van der Waals surface area contributed by atoms with Crippen LogP contribution in [0.2, 0.25) is 0 Å². The predicted octanol–water partition coefficient (Wildman–Crippen LogP) is 4.77. The highest BCUT2D eigenvalue weighted by atomic mass is 16.6. The van der Waals surface area contributed by atoms with Crippen molar-refractivity contribution in [3.8, 4) is 11.5 Å². The Balaban J connectivity index is 3.28. The van der Waals surface area contributed by atoms with Crippen LogP contribution >= 0.6 is 0 Å². The summed E-state index contributed by atoms with van der Waals surface area (Å²) >= 11 is 0. The third-order valence-corrected chi connectivity index (χ3v) is 6.68. The summed E-state index contributed by atoms with van der Waals surface area (Å²) in [4.78, 5) is 49.6. The van der Waals surface area contributed by atoms with Crippen LogP contribution in [0.5, 0.6) is 11.5 Å². The number of carbonyl (C=O) groups is 4. The lowest BCUT2D eigenvalue weighted by Crippen LogP contribution is -2.52. The highest BCUT2D eigenvalue weighted by molar-refractivity contribution is 5.80. The second kappa shape index (κ2) is 14.3. The lowest BCUT2D eigenvalue weighted by molar-refractivity contribution is -0.154. The first kappa shape index (κ1) is 33.1. The molecule has 0 aliphatic carbocycles. The molecule has 4 atom stereocenters. The molecule has 3 N–H and O–H groups in total. The van der Waals surface area contributed by atoms with Crippen LogP contribution in [0, 0.1) is 29.6 Å². The average molecular weight is 536 g/mol. The van der Waals surface area contributed by atoms with E-state index in [1.165, 1.54) is 12.1 Å². The maximum Gasteiger partial charge on any atom is 0.324 e. The van der Waals surface area contributed by atoms with Gasteiger partial charge in [0.15, 0.2) is 11.5 Å². The van der Waals surface area contributed by atoms with Crippen LogP contribution in [0.25, 0.3) is 0 Å². The molecule has 1 aromatic rings. The van der Waals surface area contributed by atoms with Crippen molar-refractivity contribution in [3.05, 3.63) is 23.8 Å². The second-order valence-electron chi connectivity index (χ2n) is 11.4. The van der Waals surface area contributed by atoms with Crippen molar-refractivity contribution in [3.63, 3.8) is 0 Å². The Bertz CT molecular complexity index is 987. The van der Waals surface area contributed by atoms with Gasteiger partial charge in [-0.15, -0.1) is 0 Å². The molecule has 0 bridgehead atoms. The fourth-order valence-electron chi connectivity index (χ4n) is 3.53. The summed E-state index contributed by atoms with van der Waals surface area (Å²) in [6, 6.07) is 4.51.